The molecule has 0 fully saturated rings. The second-order valence-corrected chi connectivity index (χ2v) is 5.72. The van der Waals surface area contributed by atoms with Crippen molar-refractivity contribution in [3.63, 3.8) is 0 Å². The van der Waals surface area contributed by atoms with Crippen LogP contribution in [0.2, 0.25) is 0 Å². The number of fused-ring (bicyclic) bond motifs is 1. The summed E-state index contributed by atoms with van der Waals surface area (Å²) < 4.78 is 15.0. The van der Waals surface area contributed by atoms with Gasteiger partial charge in [0, 0.05) is 12.1 Å². The predicted molar refractivity (Wildman–Crippen MR) is 94.5 cm³/mol. The van der Waals surface area contributed by atoms with E-state index in [4.69, 9.17) is 9.47 Å². The van der Waals surface area contributed by atoms with E-state index < -0.39 is 5.97 Å². The topological polar surface area (TPSA) is 103 Å². The highest BCUT2D eigenvalue weighted by molar-refractivity contribution is 5.97. The van der Waals surface area contributed by atoms with Gasteiger partial charge >= 0.3 is 5.97 Å². The Morgan fingerprint density at radius 3 is 2.41 bits per heavy atom. The fourth-order valence-electron chi connectivity index (χ4n) is 2.44. The molecule has 27 heavy (non-hydrogen) atoms. The molecule has 0 aliphatic carbocycles. The van der Waals surface area contributed by atoms with Crippen LogP contribution in [0.15, 0.2) is 42.5 Å². The number of hydrogen-bond donors (Lipinski definition) is 2. The number of benzene rings is 2. The van der Waals surface area contributed by atoms with Gasteiger partial charge in [0.2, 0.25) is 12.7 Å². The second-order valence-electron chi connectivity index (χ2n) is 5.72. The number of carbonyl (C=O) groups is 3. The van der Waals surface area contributed by atoms with Crippen molar-refractivity contribution in [3.05, 3.63) is 59.2 Å². The molecule has 140 valence electrons. The second kappa shape index (κ2) is 8.22. The molecule has 2 N–H and O–H groups in total. The van der Waals surface area contributed by atoms with Crippen molar-refractivity contribution in [1.29, 1.82) is 0 Å². The molecule has 0 bridgehead atoms. The van der Waals surface area contributed by atoms with Crippen molar-refractivity contribution in [2.75, 3.05) is 20.4 Å². The first-order valence-electron chi connectivity index (χ1n) is 8.18. The van der Waals surface area contributed by atoms with E-state index in [-0.39, 0.29) is 31.7 Å². The molecule has 0 saturated heterocycles. The van der Waals surface area contributed by atoms with Crippen LogP contribution in [-0.4, -0.2) is 38.2 Å². The minimum atomic E-state index is -0.420. The molecule has 3 rings (SSSR count). The molecule has 0 unspecified atom stereocenters. The normalized spacial score (nSPS) is 11.6. The first kappa shape index (κ1) is 18.2. The van der Waals surface area contributed by atoms with Gasteiger partial charge in [-0.25, -0.2) is 4.79 Å². The van der Waals surface area contributed by atoms with Crippen LogP contribution in [-0.2, 0) is 16.1 Å². The third-order valence-corrected chi connectivity index (χ3v) is 3.91. The number of rotatable bonds is 6. The van der Waals surface area contributed by atoms with Crippen molar-refractivity contribution in [3.8, 4) is 11.5 Å². The number of hydrogen-bond acceptors (Lipinski definition) is 6. The molecule has 2 aromatic rings. The molecule has 1 heterocycles. The van der Waals surface area contributed by atoms with Gasteiger partial charge in [-0.2, -0.15) is 0 Å². The maximum Gasteiger partial charge on any atom is 0.337 e. The summed E-state index contributed by atoms with van der Waals surface area (Å²) in [6.07, 6.45) is 0. The SMILES string of the molecule is COC(=O)c1ccc(CNC(=O)CNC(=O)c2ccc3c(c2)OCO3)cc1. The van der Waals surface area contributed by atoms with Crippen LogP contribution in [0.4, 0.5) is 0 Å². The van der Waals surface area contributed by atoms with Crippen LogP contribution in [0.1, 0.15) is 26.3 Å². The summed E-state index contributed by atoms with van der Waals surface area (Å²) in [5.74, 6) is -0.0474. The Morgan fingerprint density at radius 1 is 0.963 bits per heavy atom. The minimum Gasteiger partial charge on any atom is -0.465 e. The highest BCUT2D eigenvalue weighted by atomic mass is 16.7. The summed E-state index contributed by atoms with van der Waals surface area (Å²) in [7, 11) is 1.31. The molecule has 0 aromatic heterocycles. The summed E-state index contributed by atoms with van der Waals surface area (Å²) in [6, 6.07) is 11.5. The van der Waals surface area contributed by atoms with E-state index in [1.54, 1.807) is 42.5 Å². The zero-order valence-corrected chi connectivity index (χ0v) is 14.6. The highest BCUT2D eigenvalue weighted by Gasteiger charge is 2.16. The molecule has 8 heteroatoms. The van der Waals surface area contributed by atoms with Crippen molar-refractivity contribution < 1.29 is 28.6 Å². The first-order chi connectivity index (χ1) is 13.1. The minimum absolute atomic E-state index is 0.128. The number of methoxy groups -OCH3 is 1. The fourth-order valence-corrected chi connectivity index (χ4v) is 2.44. The molecule has 0 atom stereocenters. The van der Waals surface area contributed by atoms with E-state index in [0.29, 0.717) is 22.6 Å². The average Bonchev–Trinajstić information content (AvgIpc) is 3.18. The lowest BCUT2D eigenvalue weighted by molar-refractivity contribution is -0.120. The first-order valence-corrected chi connectivity index (χ1v) is 8.18. The van der Waals surface area contributed by atoms with E-state index in [9.17, 15) is 14.4 Å². The molecule has 1 aliphatic rings. The molecular formula is C19H18N2O6. The summed E-state index contributed by atoms with van der Waals surface area (Å²) in [5.41, 5.74) is 1.63. The number of esters is 1. The van der Waals surface area contributed by atoms with Crippen molar-refractivity contribution in [1.82, 2.24) is 10.6 Å². The standard InChI is InChI=1S/C19H18N2O6/c1-25-19(24)13-4-2-12(3-5-13)9-20-17(22)10-21-18(23)14-6-7-15-16(8-14)27-11-26-15/h2-8H,9-11H2,1H3,(H,20,22)(H,21,23). The third kappa shape index (κ3) is 4.55. The number of ether oxygens (including phenoxy) is 3. The molecule has 1 aliphatic heterocycles. The summed E-state index contributed by atoms with van der Waals surface area (Å²) in [6.45, 7) is 0.247. The monoisotopic (exact) mass is 370 g/mol. The van der Waals surface area contributed by atoms with Gasteiger partial charge in [-0.3, -0.25) is 9.59 Å². The Labute approximate surface area is 155 Å². The van der Waals surface area contributed by atoms with Gasteiger partial charge < -0.3 is 24.8 Å². The largest absolute Gasteiger partial charge is 0.465 e. The van der Waals surface area contributed by atoms with Crippen LogP contribution in [0.3, 0.4) is 0 Å². The predicted octanol–water partition coefficient (Wildman–Crippen LogP) is 1.25. The molecular weight excluding hydrogens is 352 g/mol. The van der Waals surface area contributed by atoms with Crippen molar-refractivity contribution >= 4 is 17.8 Å². The van der Waals surface area contributed by atoms with E-state index in [1.165, 1.54) is 7.11 Å². The molecule has 0 saturated carbocycles. The molecule has 0 radical (unpaired) electrons. The highest BCUT2D eigenvalue weighted by Crippen LogP contribution is 2.32. The van der Waals surface area contributed by atoms with Crippen LogP contribution in [0, 0.1) is 0 Å². The number of carbonyl (C=O) groups excluding carboxylic acids is 3. The summed E-state index contributed by atoms with van der Waals surface area (Å²) >= 11 is 0. The third-order valence-electron chi connectivity index (χ3n) is 3.91. The quantitative estimate of drug-likeness (QED) is 0.742. The molecule has 8 nitrogen and oxygen atoms in total. The van der Waals surface area contributed by atoms with Crippen molar-refractivity contribution in [2.45, 2.75) is 6.54 Å². The average molecular weight is 370 g/mol. The van der Waals surface area contributed by atoms with Crippen LogP contribution in [0.25, 0.3) is 0 Å². The van der Waals surface area contributed by atoms with Crippen molar-refractivity contribution in [2.24, 2.45) is 0 Å². The maximum atomic E-state index is 12.1. The van der Waals surface area contributed by atoms with Crippen LogP contribution in [0.5, 0.6) is 11.5 Å². The lowest BCUT2D eigenvalue weighted by Crippen LogP contribution is -2.36. The summed E-state index contributed by atoms with van der Waals surface area (Å²) in [4.78, 5) is 35.4. The zero-order chi connectivity index (χ0) is 19.2. The van der Waals surface area contributed by atoms with Gasteiger partial charge in [0.05, 0.1) is 19.2 Å². The number of nitrogens with one attached hydrogen (secondary N) is 2. The van der Waals surface area contributed by atoms with Gasteiger partial charge in [0.1, 0.15) is 0 Å². The Morgan fingerprint density at radius 2 is 1.67 bits per heavy atom. The fraction of sp³-hybridized carbons (Fsp3) is 0.211. The Balaban J connectivity index is 1.45. The molecule has 2 amide bonds. The molecule has 2 aromatic carbocycles. The van der Waals surface area contributed by atoms with Gasteiger partial charge in [-0.15, -0.1) is 0 Å². The summed E-state index contributed by atoms with van der Waals surface area (Å²) in [5, 5.41) is 5.24. The maximum absolute atomic E-state index is 12.1. The Bertz CT molecular complexity index is 863. The van der Waals surface area contributed by atoms with Gasteiger partial charge in [-0.05, 0) is 35.9 Å². The lowest BCUT2D eigenvalue weighted by atomic mass is 10.1. The smallest absolute Gasteiger partial charge is 0.337 e. The van der Waals surface area contributed by atoms with Gasteiger partial charge in [0.15, 0.2) is 11.5 Å². The van der Waals surface area contributed by atoms with Gasteiger partial charge in [0.25, 0.3) is 5.91 Å². The zero-order valence-electron chi connectivity index (χ0n) is 14.6. The van der Waals surface area contributed by atoms with Gasteiger partial charge in [-0.1, -0.05) is 12.1 Å². The molecule has 0 spiro atoms. The van der Waals surface area contributed by atoms with Crippen LogP contribution >= 0.6 is 0 Å². The number of amides is 2. The van der Waals surface area contributed by atoms with E-state index in [2.05, 4.69) is 15.4 Å². The van der Waals surface area contributed by atoms with E-state index >= 15 is 0 Å². The Hall–Kier alpha value is -3.55. The van der Waals surface area contributed by atoms with E-state index in [0.717, 1.165) is 5.56 Å². The Kier molecular flexibility index (Phi) is 5.55. The van der Waals surface area contributed by atoms with E-state index in [1.807, 2.05) is 0 Å². The lowest BCUT2D eigenvalue weighted by Gasteiger charge is -2.08. The van der Waals surface area contributed by atoms with Crippen LogP contribution < -0.4 is 20.1 Å².